The molecule has 0 aliphatic heterocycles. The fraction of sp³-hybridized carbons (Fsp3) is 1.00. The van der Waals surface area contributed by atoms with Crippen molar-refractivity contribution >= 4 is 10.1 Å². The first-order chi connectivity index (χ1) is 10.0. The van der Waals surface area contributed by atoms with Gasteiger partial charge in [-0.2, -0.15) is 26.0 Å². The molecule has 0 rings (SSSR count). The van der Waals surface area contributed by atoms with Gasteiger partial charge in [-0.05, 0) is 12.8 Å². The molecule has 8 heteroatoms. The first-order valence-corrected chi connectivity index (χ1v) is 9.19. The molecule has 1 atom stereocenters. The average molecular weight is 350 g/mol. The van der Waals surface area contributed by atoms with Crippen molar-refractivity contribution in [2.24, 2.45) is 5.92 Å². The van der Waals surface area contributed by atoms with Crippen LogP contribution in [0.1, 0.15) is 71.6 Å². The number of unbranched alkanes of at least 4 members (excludes halogenated alkanes) is 5. The van der Waals surface area contributed by atoms with Crippen LogP contribution in [0.15, 0.2) is 0 Å². The SMILES string of the molecule is CCCCCCCCC(CCC)C(F)(F)C(F)(F)S(=O)(=O)O. The number of alkyl halides is 4. The Morgan fingerprint density at radius 2 is 1.36 bits per heavy atom. The lowest BCUT2D eigenvalue weighted by molar-refractivity contribution is -0.196. The first-order valence-electron chi connectivity index (χ1n) is 7.75. The summed E-state index contributed by atoms with van der Waals surface area (Å²) in [7, 11) is -6.15. The van der Waals surface area contributed by atoms with E-state index in [-0.39, 0.29) is 19.3 Å². The highest BCUT2D eigenvalue weighted by Crippen LogP contribution is 2.46. The molecule has 3 nitrogen and oxygen atoms in total. The molecule has 0 amide bonds. The summed E-state index contributed by atoms with van der Waals surface area (Å²) in [6, 6.07) is 0. The predicted molar refractivity (Wildman–Crippen MR) is 77.8 cm³/mol. The third kappa shape index (κ3) is 5.68. The van der Waals surface area contributed by atoms with E-state index in [0.717, 1.165) is 25.7 Å². The van der Waals surface area contributed by atoms with Gasteiger partial charge in [0.2, 0.25) is 0 Å². The monoisotopic (exact) mass is 350 g/mol. The van der Waals surface area contributed by atoms with Crippen LogP contribution in [-0.4, -0.2) is 24.1 Å². The van der Waals surface area contributed by atoms with E-state index < -0.39 is 27.2 Å². The molecule has 0 heterocycles. The van der Waals surface area contributed by atoms with E-state index >= 15 is 0 Å². The summed E-state index contributed by atoms with van der Waals surface area (Å²) < 4.78 is 84.1. The molecule has 0 aromatic heterocycles. The van der Waals surface area contributed by atoms with Gasteiger partial charge in [0.15, 0.2) is 0 Å². The normalized spacial score (nSPS) is 15.0. The maximum absolute atomic E-state index is 13.9. The lowest BCUT2D eigenvalue weighted by atomic mass is 9.90. The highest BCUT2D eigenvalue weighted by atomic mass is 32.2. The smallest absolute Gasteiger partial charge is 0.281 e. The van der Waals surface area contributed by atoms with E-state index in [0.29, 0.717) is 12.8 Å². The molecule has 0 saturated carbocycles. The van der Waals surface area contributed by atoms with Gasteiger partial charge in [0.05, 0.1) is 0 Å². The molecule has 134 valence electrons. The number of hydrogen-bond donors (Lipinski definition) is 1. The van der Waals surface area contributed by atoms with Gasteiger partial charge in [-0.3, -0.25) is 4.55 Å². The van der Waals surface area contributed by atoms with Crippen molar-refractivity contribution in [3.63, 3.8) is 0 Å². The second-order valence-corrected chi connectivity index (χ2v) is 7.12. The van der Waals surface area contributed by atoms with Crippen molar-refractivity contribution < 1.29 is 30.5 Å². The molecule has 0 bridgehead atoms. The van der Waals surface area contributed by atoms with Crippen molar-refractivity contribution in [2.45, 2.75) is 82.8 Å². The summed E-state index contributed by atoms with van der Waals surface area (Å²) in [6.45, 7) is 3.60. The molecule has 1 unspecified atom stereocenters. The standard InChI is InChI=1S/C14H26F4O3S/c1-3-5-6-7-8-9-11-12(10-4-2)13(15,16)14(17,18)22(19,20)21/h12H,3-11H2,1-2H3,(H,19,20,21). The Balaban J connectivity index is 4.78. The lowest BCUT2D eigenvalue weighted by Gasteiger charge is -2.31. The molecule has 1 N–H and O–H groups in total. The van der Waals surface area contributed by atoms with Gasteiger partial charge in [-0.25, -0.2) is 0 Å². The summed E-state index contributed by atoms with van der Waals surface area (Å²) in [5.41, 5.74) is 0. The van der Waals surface area contributed by atoms with E-state index in [2.05, 4.69) is 0 Å². The van der Waals surface area contributed by atoms with Crippen molar-refractivity contribution in [3.05, 3.63) is 0 Å². The summed E-state index contributed by atoms with van der Waals surface area (Å²) in [5, 5.41) is -5.46. The Bertz CT molecular complexity index is 410. The van der Waals surface area contributed by atoms with Gasteiger partial charge < -0.3 is 0 Å². The minimum absolute atomic E-state index is 0.182. The van der Waals surface area contributed by atoms with Crippen LogP contribution in [-0.2, 0) is 10.1 Å². The molecule has 0 radical (unpaired) electrons. The van der Waals surface area contributed by atoms with Crippen LogP contribution in [0.4, 0.5) is 17.6 Å². The van der Waals surface area contributed by atoms with Gasteiger partial charge in [0.25, 0.3) is 0 Å². The van der Waals surface area contributed by atoms with Gasteiger partial charge >= 0.3 is 21.3 Å². The molecular formula is C14H26F4O3S. The van der Waals surface area contributed by atoms with Crippen LogP contribution in [0.25, 0.3) is 0 Å². The Labute approximate surface area is 130 Å². The first kappa shape index (κ1) is 21.6. The Kier molecular flexibility index (Phi) is 8.90. The maximum Gasteiger partial charge on any atom is 0.431 e. The zero-order valence-electron chi connectivity index (χ0n) is 13.1. The van der Waals surface area contributed by atoms with Crippen LogP contribution in [0.5, 0.6) is 0 Å². The predicted octanol–water partition coefficient (Wildman–Crippen LogP) is 5.27. The van der Waals surface area contributed by atoms with Crippen LogP contribution < -0.4 is 0 Å². The Morgan fingerprint density at radius 1 is 0.864 bits per heavy atom. The molecule has 0 aromatic carbocycles. The Hall–Kier alpha value is -0.370. The highest BCUT2D eigenvalue weighted by Gasteiger charge is 2.68. The second-order valence-electron chi connectivity index (χ2n) is 5.66. The molecule has 0 aliphatic carbocycles. The third-order valence-electron chi connectivity index (χ3n) is 3.77. The van der Waals surface area contributed by atoms with E-state index in [1.54, 1.807) is 6.92 Å². The molecule has 0 aromatic rings. The van der Waals surface area contributed by atoms with Gasteiger partial charge in [-0.15, -0.1) is 0 Å². The molecule has 0 spiro atoms. The largest absolute Gasteiger partial charge is 0.431 e. The number of hydrogen-bond acceptors (Lipinski definition) is 2. The molecule has 0 saturated heterocycles. The second kappa shape index (κ2) is 9.05. The summed E-state index contributed by atoms with van der Waals surface area (Å²) in [5.74, 6) is -6.54. The van der Waals surface area contributed by atoms with Gasteiger partial charge in [0.1, 0.15) is 0 Å². The Morgan fingerprint density at radius 3 is 1.82 bits per heavy atom. The average Bonchev–Trinajstić information content (AvgIpc) is 2.39. The summed E-state index contributed by atoms with van der Waals surface area (Å²) in [6.07, 6.45) is 4.70. The van der Waals surface area contributed by atoms with Crippen LogP contribution in [0.3, 0.4) is 0 Å². The van der Waals surface area contributed by atoms with Crippen molar-refractivity contribution in [2.75, 3.05) is 0 Å². The number of rotatable bonds is 12. The van der Waals surface area contributed by atoms with Gasteiger partial charge in [-0.1, -0.05) is 58.8 Å². The highest BCUT2D eigenvalue weighted by molar-refractivity contribution is 7.87. The van der Waals surface area contributed by atoms with E-state index in [1.807, 2.05) is 6.92 Å². The zero-order valence-corrected chi connectivity index (χ0v) is 13.9. The fourth-order valence-electron chi connectivity index (χ4n) is 2.44. The van der Waals surface area contributed by atoms with E-state index in [9.17, 15) is 26.0 Å². The van der Waals surface area contributed by atoms with Crippen LogP contribution in [0, 0.1) is 5.92 Å². The molecule has 0 fully saturated rings. The van der Waals surface area contributed by atoms with Crippen molar-refractivity contribution in [3.8, 4) is 0 Å². The van der Waals surface area contributed by atoms with Gasteiger partial charge in [0, 0.05) is 5.92 Å². The lowest BCUT2D eigenvalue weighted by Crippen LogP contribution is -2.51. The molecule has 0 aliphatic rings. The quantitative estimate of drug-likeness (QED) is 0.296. The summed E-state index contributed by atoms with van der Waals surface area (Å²) >= 11 is 0. The summed E-state index contributed by atoms with van der Waals surface area (Å²) in [4.78, 5) is 0. The minimum atomic E-state index is -6.15. The van der Waals surface area contributed by atoms with Crippen molar-refractivity contribution in [1.82, 2.24) is 0 Å². The fourth-order valence-corrected chi connectivity index (χ4v) is 2.95. The minimum Gasteiger partial charge on any atom is -0.281 e. The van der Waals surface area contributed by atoms with Crippen LogP contribution in [0.2, 0.25) is 0 Å². The van der Waals surface area contributed by atoms with E-state index in [1.165, 1.54) is 0 Å². The molecular weight excluding hydrogens is 324 g/mol. The topological polar surface area (TPSA) is 54.4 Å². The number of halogens is 4. The molecule has 22 heavy (non-hydrogen) atoms. The van der Waals surface area contributed by atoms with Crippen LogP contribution >= 0.6 is 0 Å². The maximum atomic E-state index is 13.9. The van der Waals surface area contributed by atoms with Crippen molar-refractivity contribution in [1.29, 1.82) is 0 Å². The van der Waals surface area contributed by atoms with E-state index in [4.69, 9.17) is 4.55 Å². The third-order valence-corrected chi connectivity index (χ3v) is 4.69. The zero-order chi connectivity index (χ0) is 17.4.